The van der Waals surface area contributed by atoms with Gasteiger partial charge in [0.05, 0.1) is 40.2 Å². The molecule has 4 aromatic rings. The Labute approximate surface area is 370 Å². The number of nitrogens with one attached hydrogen (secondary N) is 3. The molecule has 2 aromatic heterocycles. The molecule has 2 aliphatic carbocycles. The number of ether oxygens (including phenoxy) is 2. The van der Waals surface area contributed by atoms with Crippen LogP contribution in [0.5, 0.6) is 11.5 Å². The van der Waals surface area contributed by atoms with Gasteiger partial charge in [0.15, 0.2) is 0 Å². The number of fused-ring (bicyclic) bond motifs is 3. The zero-order valence-corrected chi connectivity index (χ0v) is 37.6. The SMILES string of the molecule is COc1ccc2c(O[C@@H]3C[C@H]4C(=O)N[C@]5(C(=O)NS(=O)(=O)C6CC6)C[C@@H]5/C=C\CCCCC[C@H](Nc5ccc(Cl)c(Cl)c5)C(=O)N4C3)cc(-c3nc(C(C)C)cs3)nc2c1C. The highest BCUT2D eigenvalue weighted by molar-refractivity contribution is 7.91. The van der Waals surface area contributed by atoms with E-state index < -0.39 is 56.7 Å². The standard InChI is InChI=1S/C44H50Cl2N6O7S2/c1-24(2)35-23-60-41(49-35)34-20-38(30-15-17-37(58-4)25(3)39(30)48-34)59-28-19-36-40(53)50-44(43(55)51-61(56,57)29-13-14-29)21-26(44)10-8-6-5-7-9-11-33(42(54)52(36)22-28)47-27-12-16-31(45)32(46)18-27/h8,10,12,15-18,20,23-24,26,28-29,33,36,47H,5-7,9,11,13-14,19,21-22H2,1-4H3,(H,50,53)(H,51,55)/b10-8-/t26-,28+,33-,36-,44+/m0/s1. The average Bonchev–Trinajstić information content (AvgIpc) is 4.10. The number of sulfonamides is 1. The second kappa shape index (κ2) is 17.4. The van der Waals surface area contributed by atoms with E-state index in [4.69, 9.17) is 42.6 Å². The Morgan fingerprint density at radius 2 is 1.84 bits per heavy atom. The Bertz CT molecular complexity index is 2510. The minimum Gasteiger partial charge on any atom is -0.496 e. The van der Waals surface area contributed by atoms with Crippen LogP contribution in [0.25, 0.3) is 21.6 Å². The maximum absolute atomic E-state index is 14.9. The molecular formula is C44H50Cl2N6O7S2. The van der Waals surface area contributed by atoms with E-state index in [9.17, 15) is 22.8 Å². The summed E-state index contributed by atoms with van der Waals surface area (Å²) in [5.41, 5.74) is 2.16. The minimum absolute atomic E-state index is 0.0537. The van der Waals surface area contributed by atoms with E-state index in [1.54, 1.807) is 25.3 Å². The number of halogens is 2. The lowest BCUT2D eigenvalue weighted by Crippen LogP contribution is -2.57. The molecule has 3 N–H and O–H groups in total. The third kappa shape index (κ3) is 9.07. The number of benzene rings is 2. The lowest BCUT2D eigenvalue weighted by atomic mass is 10.0. The van der Waals surface area contributed by atoms with Crippen molar-refractivity contribution in [1.82, 2.24) is 24.9 Å². The summed E-state index contributed by atoms with van der Waals surface area (Å²) >= 11 is 14.1. The molecular weight excluding hydrogens is 860 g/mol. The van der Waals surface area contributed by atoms with Gasteiger partial charge in [0.2, 0.25) is 21.8 Å². The van der Waals surface area contributed by atoms with Gasteiger partial charge in [0, 0.05) is 40.4 Å². The zero-order chi connectivity index (χ0) is 43.2. The van der Waals surface area contributed by atoms with Gasteiger partial charge in [0.25, 0.3) is 5.91 Å². The number of anilines is 1. The first kappa shape index (κ1) is 43.2. The summed E-state index contributed by atoms with van der Waals surface area (Å²) in [7, 11) is -2.29. The summed E-state index contributed by atoms with van der Waals surface area (Å²) in [6.07, 6.45) is 8.11. The third-order valence-corrected chi connectivity index (χ3v) is 15.5. The highest BCUT2D eigenvalue weighted by Crippen LogP contribution is 2.46. The van der Waals surface area contributed by atoms with Crippen LogP contribution in [-0.2, 0) is 24.4 Å². The first-order valence-electron chi connectivity index (χ1n) is 20.8. The molecule has 13 nitrogen and oxygen atoms in total. The van der Waals surface area contributed by atoms with E-state index in [1.165, 1.54) is 16.2 Å². The van der Waals surface area contributed by atoms with Gasteiger partial charge in [-0.3, -0.25) is 19.1 Å². The normalized spacial score (nSPS) is 25.2. The number of hydrogen-bond acceptors (Lipinski definition) is 11. The molecule has 0 unspecified atom stereocenters. The van der Waals surface area contributed by atoms with E-state index >= 15 is 0 Å². The number of thiazole rings is 1. The van der Waals surface area contributed by atoms with Gasteiger partial charge >= 0.3 is 0 Å². The number of methoxy groups -OCH3 is 1. The summed E-state index contributed by atoms with van der Waals surface area (Å²) in [4.78, 5) is 55.0. The highest BCUT2D eigenvalue weighted by Gasteiger charge is 2.62. The van der Waals surface area contributed by atoms with E-state index in [0.29, 0.717) is 57.7 Å². The first-order valence-corrected chi connectivity index (χ1v) is 24.0. The molecule has 1 saturated heterocycles. The minimum atomic E-state index is -3.90. The smallest absolute Gasteiger partial charge is 0.259 e. The fourth-order valence-electron chi connectivity index (χ4n) is 8.29. The van der Waals surface area contributed by atoms with Crippen LogP contribution in [0.3, 0.4) is 0 Å². The Morgan fingerprint density at radius 1 is 1.03 bits per heavy atom. The lowest BCUT2D eigenvalue weighted by molar-refractivity contribution is -0.140. The highest BCUT2D eigenvalue weighted by atomic mass is 35.5. The van der Waals surface area contributed by atoms with Crippen LogP contribution in [0.4, 0.5) is 5.69 Å². The Kier molecular flexibility index (Phi) is 12.3. The molecule has 2 aromatic carbocycles. The molecule has 3 amide bonds. The molecule has 324 valence electrons. The number of carbonyl (C=O) groups excluding carboxylic acids is 3. The predicted octanol–water partition coefficient (Wildman–Crippen LogP) is 7.94. The summed E-state index contributed by atoms with van der Waals surface area (Å²) in [5.74, 6) is -0.678. The van der Waals surface area contributed by atoms with Gasteiger partial charge in [-0.05, 0) is 81.7 Å². The quantitative estimate of drug-likeness (QED) is 0.133. The van der Waals surface area contributed by atoms with E-state index in [-0.39, 0.29) is 31.2 Å². The van der Waals surface area contributed by atoms with Crippen LogP contribution in [0.1, 0.15) is 88.8 Å². The van der Waals surface area contributed by atoms with Crippen LogP contribution < -0.4 is 24.8 Å². The third-order valence-electron chi connectivity index (χ3n) is 12.1. The van der Waals surface area contributed by atoms with Gasteiger partial charge in [0.1, 0.15) is 45.9 Å². The predicted molar refractivity (Wildman–Crippen MR) is 238 cm³/mol. The van der Waals surface area contributed by atoms with Crippen LogP contribution in [0.15, 0.2) is 53.9 Å². The number of rotatable bonds is 10. The molecule has 4 aliphatic rings. The fraction of sp³-hybridized carbons (Fsp3) is 0.477. The van der Waals surface area contributed by atoms with Crippen molar-refractivity contribution in [1.29, 1.82) is 0 Å². The Hall–Kier alpha value is -4.44. The molecule has 61 heavy (non-hydrogen) atoms. The molecule has 2 aliphatic heterocycles. The molecule has 0 spiro atoms. The zero-order valence-electron chi connectivity index (χ0n) is 34.5. The van der Waals surface area contributed by atoms with Crippen LogP contribution >= 0.6 is 34.5 Å². The molecule has 8 rings (SSSR count). The Balaban J connectivity index is 1.16. The van der Waals surface area contributed by atoms with Crippen LogP contribution in [-0.4, -0.2) is 83.6 Å². The molecule has 0 bridgehead atoms. The second-order valence-corrected chi connectivity index (χ2v) is 20.5. The van der Waals surface area contributed by atoms with Gasteiger partial charge in [-0.25, -0.2) is 18.4 Å². The molecule has 17 heteroatoms. The average molecular weight is 910 g/mol. The first-order chi connectivity index (χ1) is 29.2. The van der Waals surface area contributed by atoms with Crippen molar-refractivity contribution in [2.75, 3.05) is 19.0 Å². The maximum Gasteiger partial charge on any atom is 0.259 e. The monoisotopic (exact) mass is 908 g/mol. The van der Waals surface area contributed by atoms with Crippen LogP contribution in [0.2, 0.25) is 10.0 Å². The van der Waals surface area contributed by atoms with Gasteiger partial charge in [-0.1, -0.05) is 62.0 Å². The number of hydrogen-bond donors (Lipinski definition) is 3. The van der Waals surface area contributed by atoms with Gasteiger partial charge in [-0.15, -0.1) is 11.3 Å². The van der Waals surface area contributed by atoms with Gasteiger partial charge < -0.3 is 25.0 Å². The van der Waals surface area contributed by atoms with E-state index in [1.807, 2.05) is 42.7 Å². The number of carbonyl (C=O) groups is 3. The Morgan fingerprint density at radius 3 is 2.56 bits per heavy atom. The lowest BCUT2D eigenvalue weighted by Gasteiger charge is -2.30. The van der Waals surface area contributed by atoms with Crippen molar-refractivity contribution in [2.24, 2.45) is 5.92 Å². The molecule has 4 heterocycles. The summed E-state index contributed by atoms with van der Waals surface area (Å²) in [6, 6.07) is 8.87. The number of aromatic nitrogens is 2. The van der Waals surface area contributed by atoms with Crippen molar-refractivity contribution in [3.63, 3.8) is 0 Å². The summed E-state index contributed by atoms with van der Waals surface area (Å²) in [5, 5.41) is 9.89. The van der Waals surface area contributed by atoms with E-state index in [2.05, 4.69) is 29.2 Å². The molecule has 5 atom stereocenters. The molecule has 0 radical (unpaired) electrons. The number of pyridine rings is 1. The number of amides is 3. The second-order valence-electron chi connectivity index (χ2n) is 16.8. The van der Waals surface area contributed by atoms with Crippen molar-refractivity contribution in [3.05, 3.63) is 75.2 Å². The van der Waals surface area contributed by atoms with Crippen LogP contribution in [0, 0.1) is 12.8 Å². The van der Waals surface area contributed by atoms with Crippen molar-refractivity contribution in [3.8, 4) is 22.2 Å². The topological polar surface area (TPSA) is 169 Å². The summed E-state index contributed by atoms with van der Waals surface area (Å²) in [6.45, 7) is 6.15. The molecule has 2 saturated carbocycles. The number of aryl methyl sites for hydroxylation is 1. The number of allylic oxidation sites excluding steroid dienone is 1. The molecule has 3 fully saturated rings. The van der Waals surface area contributed by atoms with Crippen molar-refractivity contribution >= 4 is 78.9 Å². The fourth-order valence-corrected chi connectivity index (χ4v) is 10.9. The summed E-state index contributed by atoms with van der Waals surface area (Å²) < 4.78 is 40.8. The maximum atomic E-state index is 14.9. The number of nitrogens with zero attached hydrogens (tertiary/aromatic N) is 3. The van der Waals surface area contributed by atoms with Gasteiger partial charge in [-0.2, -0.15) is 0 Å². The van der Waals surface area contributed by atoms with E-state index in [0.717, 1.165) is 47.3 Å². The largest absolute Gasteiger partial charge is 0.496 e. The van der Waals surface area contributed by atoms with Crippen molar-refractivity contribution < 1.29 is 32.3 Å². The van der Waals surface area contributed by atoms with Crippen molar-refractivity contribution in [2.45, 2.75) is 113 Å².